The van der Waals surface area contributed by atoms with E-state index in [1.54, 1.807) is 0 Å². The average Bonchev–Trinajstić information content (AvgIpc) is 2.24. The fourth-order valence-corrected chi connectivity index (χ4v) is 2.46. The first-order valence-electron chi connectivity index (χ1n) is 6.74. The standard InChI is InChI=1S/C13H26N2O/c1-2-3-4-8-15-13(16)10-11-6-5-7-12(14)9-11/h11-12H,2-10,14H2,1H3,(H,15,16). The maximum Gasteiger partial charge on any atom is 0.220 e. The van der Waals surface area contributed by atoms with Crippen molar-refractivity contribution in [3.8, 4) is 0 Å². The van der Waals surface area contributed by atoms with Gasteiger partial charge in [0.15, 0.2) is 0 Å². The first kappa shape index (κ1) is 13.5. The summed E-state index contributed by atoms with van der Waals surface area (Å²) in [6, 6.07) is 0.326. The van der Waals surface area contributed by atoms with Gasteiger partial charge in [0.1, 0.15) is 0 Å². The largest absolute Gasteiger partial charge is 0.356 e. The van der Waals surface area contributed by atoms with Gasteiger partial charge in [-0.15, -0.1) is 0 Å². The molecule has 1 amide bonds. The molecule has 1 rings (SSSR count). The van der Waals surface area contributed by atoms with E-state index in [0.29, 0.717) is 18.4 Å². The van der Waals surface area contributed by atoms with E-state index in [-0.39, 0.29) is 5.91 Å². The third kappa shape index (κ3) is 5.50. The van der Waals surface area contributed by atoms with Crippen molar-refractivity contribution < 1.29 is 4.79 Å². The molecule has 0 spiro atoms. The van der Waals surface area contributed by atoms with Gasteiger partial charge in [0.2, 0.25) is 5.91 Å². The van der Waals surface area contributed by atoms with Gasteiger partial charge in [0, 0.05) is 19.0 Å². The zero-order chi connectivity index (χ0) is 11.8. The molecule has 3 heteroatoms. The Kier molecular flexibility index (Phi) is 6.46. The monoisotopic (exact) mass is 226 g/mol. The maximum absolute atomic E-state index is 11.6. The summed E-state index contributed by atoms with van der Waals surface area (Å²) < 4.78 is 0. The molecule has 2 atom stereocenters. The summed E-state index contributed by atoms with van der Waals surface area (Å²) in [5.74, 6) is 0.741. The van der Waals surface area contributed by atoms with Crippen molar-refractivity contribution in [3.63, 3.8) is 0 Å². The van der Waals surface area contributed by atoms with E-state index in [9.17, 15) is 4.79 Å². The highest BCUT2D eigenvalue weighted by Gasteiger charge is 2.21. The molecule has 1 fully saturated rings. The molecule has 1 aliphatic rings. The highest BCUT2D eigenvalue weighted by Crippen LogP contribution is 2.25. The van der Waals surface area contributed by atoms with Crippen molar-refractivity contribution in [1.29, 1.82) is 0 Å². The van der Waals surface area contributed by atoms with Crippen LogP contribution in [0.4, 0.5) is 0 Å². The highest BCUT2D eigenvalue weighted by molar-refractivity contribution is 5.76. The second-order valence-electron chi connectivity index (χ2n) is 5.05. The Labute approximate surface area is 99.2 Å². The number of amides is 1. The Hall–Kier alpha value is -0.570. The van der Waals surface area contributed by atoms with E-state index in [2.05, 4.69) is 12.2 Å². The average molecular weight is 226 g/mol. The van der Waals surface area contributed by atoms with Crippen LogP contribution in [0.3, 0.4) is 0 Å². The molecule has 0 bridgehead atoms. The van der Waals surface area contributed by atoms with Crippen LogP contribution in [0.5, 0.6) is 0 Å². The molecule has 2 unspecified atom stereocenters. The van der Waals surface area contributed by atoms with Gasteiger partial charge in [-0.05, 0) is 31.6 Å². The van der Waals surface area contributed by atoms with Gasteiger partial charge in [0.25, 0.3) is 0 Å². The van der Waals surface area contributed by atoms with Crippen molar-refractivity contribution in [2.75, 3.05) is 6.54 Å². The predicted molar refractivity (Wildman–Crippen MR) is 67.1 cm³/mol. The van der Waals surface area contributed by atoms with Crippen LogP contribution in [0, 0.1) is 5.92 Å². The quantitative estimate of drug-likeness (QED) is 0.682. The number of rotatable bonds is 6. The first-order valence-corrected chi connectivity index (χ1v) is 6.74. The summed E-state index contributed by atoms with van der Waals surface area (Å²) in [6.07, 6.45) is 8.72. The maximum atomic E-state index is 11.6. The molecule has 3 nitrogen and oxygen atoms in total. The molecule has 94 valence electrons. The van der Waals surface area contributed by atoms with Gasteiger partial charge < -0.3 is 11.1 Å². The van der Waals surface area contributed by atoms with Crippen LogP contribution in [-0.2, 0) is 4.79 Å². The Bertz CT molecular complexity index is 206. The topological polar surface area (TPSA) is 55.1 Å². The van der Waals surface area contributed by atoms with E-state index in [1.165, 1.54) is 25.7 Å². The zero-order valence-corrected chi connectivity index (χ0v) is 10.5. The SMILES string of the molecule is CCCCCNC(=O)CC1CCCC(N)C1. The minimum atomic E-state index is 0.218. The number of nitrogens with two attached hydrogens (primary N) is 1. The summed E-state index contributed by atoms with van der Waals surface area (Å²) in [4.78, 5) is 11.6. The molecule has 3 N–H and O–H groups in total. The number of carbonyl (C=O) groups excluding carboxylic acids is 1. The van der Waals surface area contributed by atoms with Crippen molar-refractivity contribution in [2.24, 2.45) is 11.7 Å². The van der Waals surface area contributed by atoms with Crippen molar-refractivity contribution in [1.82, 2.24) is 5.32 Å². The van der Waals surface area contributed by atoms with Crippen LogP contribution < -0.4 is 11.1 Å². The molecule has 0 heterocycles. The third-order valence-corrected chi connectivity index (χ3v) is 3.40. The van der Waals surface area contributed by atoms with Gasteiger partial charge >= 0.3 is 0 Å². The summed E-state index contributed by atoms with van der Waals surface area (Å²) in [5.41, 5.74) is 5.91. The van der Waals surface area contributed by atoms with Gasteiger partial charge in [-0.1, -0.05) is 26.2 Å². The molecule has 0 aliphatic heterocycles. The second kappa shape index (κ2) is 7.66. The fourth-order valence-electron chi connectivity index (χ4n) is 2.46. The Morgan fingerprint density at radius 2 is 2.19 bits per heavy atom. The molecule has 1 aliphatic carbocycles. The fraction of sp³-hybridized carbons (Fsp3) is 0.923. The van der Waals surface area contributed by atoms with Crippen molar-refractivity contribution >= 4 is 5.91 Å². The lowest BCUT2D eigenvalue weighted by Crippen LogP contribution is -2.32. The van der Waals surface area contributed by atoms with Gasteiger partial charge in [0.05, 0.1) is 0 Å². The van der Waals surface area contributed by atoms with Crippen LogP contribution in [0.15, 0.2) is 0 Å². The van der Waals surface area contributed by atoms with Crippen LogP contribution in [0.25, 0.3) is 0 Å². The summed E-state index contributed by atoms with van der Waals surface area (Å²) in [7, 11) is 0. The minimum Gasteiger partial charge on any atom is -0.356 e. The number of carbonyl (C=O) groups is 1. The lowest BCUT2D eigenvalue weighted by molar-refractivity contribution is -0.122. The lowest BCUT2D eigenvalue weighted by Gasteiger charge is -2.26. The zero-order valence-electron chi connectivity index (χ0n) is 10.5. The molecule has 0 radical (unpaired) electrons. The van der Waals surface area contributed by atoms with Crippen LogP contribution in [0.2, 0.25) is 0 Å². The van der Waals surface area contributed by atoms with Gasteiger partial charge in [-0.3, -0.25) is 4.79 Å². The van der Waals surface area contributed by atoms with Gasteiger partial charge in [-0.2, -0.15) is 0 Å². The van der Waals surface area contributed by atoms with Crippen LogP contribution in [-0.4, -0.2) is 18.5 Å². The summed E-state index contributed by atoms with van der Waals surface area (Å²) in [5, 5.41) is 3.00. The molecule has 0 aromatic rings. The van der Waals surface area contributed by atoms with E-state index in [4.69, 9.17) is 5.73 Å². The van der Waals surface area contributed by atoms with Crippen LogP contribution in [0.1, 0.15) is 58.3 Å². The molecular weight excluding hydrogens is 200 g/mol. The number of hydrogen-bond acceptors (Lipinski definition) is 2. The number of nitrogens with one attached hydrogen (secondary N) is 1. The Morgan fingerprint density at radius 1 is 1.38 bits per heavy atom. The number of unbranched alkanes of at least 4 members (excludes halogenated alkanes) is 2. The molecular formula is C13H26N2O. The first-order chi connectivity index (χ1) is 7.72. The van der Waals surface area contributed by atoms with Crippen LogP contribution >= 0.6 is 0 Å². The van der Waals surface area contributed by atoms with E-state index in [1.807, 2.05) is 0 Å². The third-order valence-electron chi connectivity index (χ3n) is 3.40. The Balaban J connectivity index is 2.08. The molecule has 0 aromatic heterocycles. The number of hydrogen-bond donors (Lipinski definition) is 2. The smallest absolute Gasteiger partial charge is 0.220 e. The van der Waals surface area contributed by atoms with E-state index >= 15 is 0 Å². The van der Waals surface area contributed by atoms with Crippen molar-refractivity contribution in [3.05, 3.63) is 0 Å². The lowest BCUT2D eigenvalue weighted by atomic mass is 9.84. The normalized spacial score (nSPS) is 25.4. The van der Waals surface area contributed by atoms with Gasteiger partial charge in [-0.25, -0.2) is 0 Å². The molecule has 0 aromatic carbocycles. The summed E-state index contributed by atoms with van der Waals surface area (Å²) in [6.45, 7) is 3.01. The van der Waals surface area contributed by atoms with Crippen molar-refractivity contribution in [2.45, 2.75) is 64.3 Å². The second-order valence-corrected chi connectivity index (χ2v) is 5.05. The molecule has 16 heavy (non-hydrogen) atoms. The summed E-state index contributed by atoms with van der Waals surface area (Å²) >= 11 is 0. The minimum absolute atomic E-state index is 0.218. The predicted octanol–water partition coefficient (Wildman–Crippen LogP) is 2.20. The van der Waals surface area contributed by atoms with E-state index in [0.717, 1.165) is 25.8 Å². The molecule has 1 saturated carbocycles. The van der Waals surface area contributed by atoms with E-state index < -0.39 is 0 Å². The highest BCUT2D eigenvalue weighted by atomic mass is 16.1. The molecule has 0 saturated heterocycles. The Morgan fingerprint density at radius 3 is 2.88 bits per heavy atom.